The van der Waals surface area contributed by atoms with E-state index >= 15 is 0 Å². The zero-order chi connectivity index (χ0) is 12.6. The largest absolute Gasteiger partial charge is 0.480 e. The lowest BCUT2D eigenvalue weighted by Gasteiger charge is -2.25. The molecule has 2 heterocycles. The summed E-state index contributed by atoms with van der Waals surface area (Å²) in [6.07, 6.45) is 0. The van der Waals surface area contributed by atoms with Crippen molar-refractivity contribution in [1.82, 2.24) is 4.90 Å². The van der Waals surface area contributed by atoms with Gasteiger partial charge in [-0.25, -0.2) is 4.79 Å². The second-order valence-electron chi connectivity index (χ2n) is 3.93. The molecule has 2 atom stereocenters. The van der Waals surface area contributed by atoms with E-state index in [2.05, 4.69) is 0 Å². The summed E-state index contributed by atoms with van der Waals surface area (Å²) in [6, 6.07) is 1.29. The standard InChI is InChI=1S/C11H13NO3S2/c1-6-3-4-16-9(6)10-12(7(2)13)8(5-17-10)11(14)15/h3-4,8,10H,5H2,1-2H3,(H,14,15)/t8-,10-/m1/s1. The molecule has 1 amide bonds. The van der Waals surface area contributed by atoms with E-state index in [-0.39, 0.29) is 11.3 Å². The van der Waals surface area contributed by atoms with Gasteiger partial charge >= 0.3 is 5.97 Å². The van der Waals surface area contributed by atoms with E-state index in [4.69, 9.17) is 5.11 Å². The average Bonchev–Trinajstić information content (AvgIpc) is 2.82. The summed E-state index contributed by atoms with van der Waals surface area (Å²) >= 11 is 3.10. The first-order valence-electron chi connectivity index (χ1n) is 5.19. The van der Waals surface area contributed by atoms with Gasteiger partial charge in [0.15, 0.2) is 0 Å². The smallest absolute Gasteiger partial charge is 0.327 e. The highest BCUT2D eigenvalue weighted by molar-refractivity contribution is 7.99. The number of thioether (sulfide) groups is 1. The molecular weight excluding hydrogens is 258 g/mol. The topological polar surface area (TPSA) is 57.6 Å². The van der Waals surface area contributed by atoms with Gasteiger partial charge in [0.1, 0.15) is 11.4 Å². The predicted molar refractivity (Wildman–Crippen MR) is 68.2 cm³/mol. The minimum atomic E-state index is -0.926. The molecule has 1 aromatic rings. The molecule has 0 saturated carbocycles. The molecule has 0 unspecified atom stereocenters. The van der Waals surface area contributed by atoms with Crippen LogP contribution in [0.4, 0.5) is 0 Å². The van der Waals surface area contributed by atoms with Crippen molar-refractivity contribution in [2.24, 2.45) is 0 Å². The number of rotatable bonds is 2. The monoisotopic (exact) mass is 271 g/mol. The predicted octanol–water partition coefficient (Wildman–Crippen LogP) is 2.10. The number of aryl methyl sites for hydroxylation is 1. The maximum Gasteiger partial charge on any atom is 0.327 e. The van der Waals surface area contributed by atoms with Crippen LogP contribution in [0.25, 0.3) is 0 Å². The molecule has 4 nitrogen and oxygen atoms in total. The van der Waals surface area contributed by atoms with Gasteiger partial charge in [0.05, 0.1) is 0 Å². The first kappa shape index (κ1) is 12.4. The zero-order valence-electron chi connectivity index (χ0n) is 9.54. The summed E-state index contributed by atoms with van der Waals surface area (Å²) in [5.41, 5.74) is 1.12. The van der Waals surface area contributed by atoms with E-state index in [1.54, 1.807) is 11.3 Å². The number of carbonyl (C=O) groups excluding carboxylic acids is 1. The van der Waals surface area contributed by atoms with Crippen LogP contribution in [0.3, 0.4) is 0 Å². The van der Waals surface area contributed by atoms with E-state index in [0.29, 0.717) is 5.75 Å². The number of hydrogen-bond acceptors (Lipinski definition) is 4. The van der Waals surface area contributed by atoms with E-state index in [1.807, 2.05) is 18.4 Å². The lowest BCUT2D eigenvalue weighted by molar-refractivity contribution is -0.148. The van der Waals surface area contributed by atoms with E-state index in [9.17, 15) is 9.59 Å². The van der Waals surface area contributed by atoms with Crippen molar-refractivity contribution in [2.45, 2.75) is 25.3 Å². The number of hydrogen-bond donors (Lipinski definition) is 1. The molecule has 1 aliphatic heterocycles. The molecule has 17 heavy (non-hydrogen) atoms. The van der Waals surface area contributed by atoms with Gasteiger partial charge in [0, 0.05) is 17.6 Å². The Hall–Kier alpha value is -1.01. The van der Waals surface area contributed by atoms with Crippen LogP contribution in [-0.4, -0.2) is 33.7 Å². The van der Waals surface area contributed by atoms with Gasteiger partial charge in [0.25, 0.3) is 0 Å². The zero-order valence-corrected chi connectivity index (χ0v) is 11.2. The maximum absolute atomic E-state index is 11.6. The van der Waals surface area contributed by atoms with Crippen LogP contribution in [0.2, 0.25) is 0 Å². The van der Waals surface area contributed by atoms with E-state index < -0.39 is 12.0 Å². The van der Waals surface area contributed by atoms with Crippen LogP contribution in [0.1, 0.15) is 22.7 Å². The van der Waals surface area contributed by atoms with Crippen LogP contribution in [0.5, 0.6) is 0 Å². The van der Waals surface area contributed by atoms with Crippen LogP contribution in [0, 0.1) is 6.92 Å². The Morgan fingerprint density at radius 3 is 2.71 bits per heavy atom. The molecule has 0 aliphatic carbocycles. The minimum Gasteiger partial charge on any atom is -0.480 e. The first-order chi connectivity index (χ1) is 8.02. The van der Waals surface area contributed by atoms with E-state index in [1.165, 1.54) is 23.6 Å². The van der Waals surface area contributed by atoms with Crippen molar-refractivity contribution < 1.29 is 14.7 Å². The molecule has 92 valence electrons. The number of carboxylic acid groups (broad SMARTS) is 1. The lowest BCUT2D eigenvalue weighted by Crippen LogP contribution is -2.41. The van der Waals surface area contributed by atoms with Crippen molar-refractivity contribution in [1.29, 1.82) is 0 Å². The van der Waals surface area contributed by atoms with Gasteiger partial charge in [-0.05, 0) is 23.9 Å². The van der Waals surface area contributed by atoms with Gasteiger partial charge in [0.2, 0.25) is 5.91 Å². The molecule has 0 radical (unpaired) electrons. The summed E-state index contributed by atoms with van der Waals surface area (Å²) in [4.78, 5) is 25.3. The van der Waals surface area contributed by atoms with Crippen molar-refractivity contribution in [3.63, 3.8) is 0 Å². The van der Waals surface area contributed by atoms with Crippen molar-refractivity contribution >= 4 is 35.0 Å². The number of amides is 1. The third-order valence-electron chi connectivity index (χ3n) is 2.78. The van der Waals surface area contributed by atoms with Crippen molar-refractivity contribution in [3.05, 3.63) is 21.9 Å². The Labute approximate surface area is 108 Å². The molecule has 1 saturated heterocycles. The molecule has 1 aromatic heterocycles. The van der Waals surface area contributed by atoms with Gasteiger partial charge in [-0.2, -0.15) is 0 Å². The molecule has 1 aliphatic rings. The third kappa shape index (κ3) is 2.19. The Morgan fingerprint density at radius 1 is 1.53 bits per heavy atom. The highest BCUT2D eigenvalue weighted by atomic mass is 32.2. The Bertz CT molecular complexity index is 457. The van der Waals surface area contributed by atoms with E-state index in [0.717, 1.165) is 10.4 Å². The van der Waals surface area contributed by atoms with Gasteiger partial charge < -0.3 is 10.0 Å². The Kier molecular flexibility index (Phi) is 3.44. The van der Waals surface area contributed by atoms with Crippen molar-refractivity contribution in [3.8, 4) is 0 Å². The third-order valence-corrected chi connectivity index (χ3v) is 5.28. The molecule has 6 heteroatoms. The molecule has 2 rings (SSSR count). The van der Waals surface area contributed by atoms with Gasteiger partial charge in [-0.1, -0.05) is 0 Å². The fraction of sp³-hybridized carbons (Fsp3) is 0.455. The molecule has 0 spiro atoms. The first-order valence-corrected chi connectivity index (χ1v) is 7.12. The molecule has 0 bridgehead atoms. The number of aliphatic carboxylic acids is 1. The van der Waals surface area contributed by atoms with Crippen LogP contribution >= 0.6 is 23.1 Å². The summed E-state index contributed by atoms with van der Waals surface area (Å²) in [6.45, 7) is 3.41. The highest BCUT2D eigenvalue weighted by Gasteiger charge is 2.41. The minimum absolute atomic E-state index is 0.145. The van der Waals surface area contributed by atoms with Crippen LogP contribution in [0.15, 0.2) is 11.4 Å². The number of thiophene rings is 1. The fourth-order valence-electron chi connectivity index (χ4n) is 1.92. The number of nitrogens with zero attached hydrogens (tertiary/aromatic N) is 1. The molecule has 1 fully saturated rings. The summed E-state index contributed by atoms with van der Waals surface area (Å²) in [5, 5.41) is 10.9. The SMILES string of the molecule is CC(=O)N1[C@@H](C(=O)O)CS[C@@H]1c1sccc1C. The summed E-state index contributed by atoms with van der Waals surface area (Å²) in [5.74, 6) is -0.652. The quantitative estimate of drug-likeness (QED) is 0.895. The van der Waals surface area contributed by atoms with Crippen LogP contribution in [-0.2, 0) is 9.59 Å². The summed E-state index contributed by atoms with van der Waals surface area (Å²) in [7, 11) is 0. The highest BCUT2D eigenvalue weighted by Crippen LogP contribution is 2.44. The fourth-order valence-corrected chi connectivity index (χ4v) is 4.66. The Morgan fingerprint density at radius 2 is 2.24 bits per heavy atom. The second-order valence-corrected chi connectivity index (χ2v) is 5.99. The molecular formula is C11H13NO3S2. The number of carboxylic acids is 1. The second kappa shape index (κ2) is 4.70. The maximum atomic E-state index is 11.6. The van der Waals surface area contributed by atoms with Crippen LogP contribution < -0.4 is 0 Å². The number of carbonyl (C=O) groups is 2. The lowest BCUT2D eigenvalue weighted by atomic mass is 10.2. The van der Waals surface area contributed by atoms with Crippen molar-refractivity contribution in [2.75, 3.05) is 5.75 Å². The van der Waals surface area contributed by atoms with Gasteiger partial charge in [-0.3, -0.25) is 4.79 Å². The normalized spacial score (nSPS) is 24.0. The Balaban J connectivity index is 2.33. The molecule has 0 aromatic carbocycles. The average molecular weight is 271 g/mol. The summed E-state index contributed by atoms with van der Waals surface area (Å²) < 4.78 is 0. The molecule has 1 N–H and O–H groups in total. The van der Waals surface area contributed by atoms with Gasteiger partial charge in [-0.15, -0.1) is 23.1 Å².